The largest absolute Gasteiger partial charge is 0.474 e. The monoisotopic (exact) mass is 675 g/mol. The van der Waals surface area contributed by atoms with Crippen molar-refractivity contribution < 1.29 is 37.7 Å². The Morgan fingerprint density at radius 2 is 1.71 bits per heavy atom. The van der Waals surface area contributed by atoms with E-state index < -0.39 is 41.4 Å². The van der Waals surface area contributed by atoms with Gasteiger partial charge >= 0.3 is 18.3 Å². The number of nitrogens with one attached hydrogen (secondary N) is 2. The fourth-order valence-corrected chi connectivity index (χ4v) is 5.72. The lowest BCUT2D eigenvalue weighted by Gasteiger charge is -2.32. The molecule has 0 saturated carbocycles. The van der Waals surface area contributed by atoms with E-state index in [1.165, 1.54) is 23.4 Å². The Balaban J connectivity index is 1.38. The van der Waals surface area contributed by atoms with E-state index in [0.29, 0.717) is 35.2 Å². The molecule has 5 heterocycles. The fraction of sp³-hybridized carbons (Fsp3) is 0.412. The first-order valence-electron chi connectivity index (χ1n) is 15.8. The number of carbonyl (C=O) groups excluding carboxylic acids is 3. The minimum Gasteiger partial charge on any atom is -0.474 e. The first kappa shape index (κ1) is 33.4. The van der Waals surface area contributed by atoms with Crippen molar-refractivity contribution in [3.05, 3.63) is 54.1 Å². The zero-order valence-corrected chi connectivity index (χ0v) is 28.3. The molecule has 3 amide bonds. The van der Waals surface area contributed by atoms with Crippen LogP contribution in [0.4, 0.5) is 36.0 Å². The number of carbonyl (C=O) groups is 3. The van der Waals surface area contributed by atoms with Gasteiger partial charge in [-0.05, 0) is 71.5 Å². The van der Waals surface area contributed by atoms with Gasteiger partial charge in [0.05, 0.1) is 18.8 Å². The summed E-state index contributed by atoms with van der Waals surface area (Å²) < 4.78 is 40.9. The minimum absolute atomic E-state index is 0.0566. The highest BCUT2D eigenvalue weighted by Crippen LogP contribution is 2.42. The molecule has 6 rings (SSSR count). The molecule has 14 nitrogen and oxygen atoms in total. The average molecular weight is 676 g/mol. The van der Waals surface area contributed by atoms with E-state index >= 15 is 4.39 Å². The number of amides is 3. The van der Waals surface area contributed by atoms with Crippen LogP contribution >= 0.6 is 0 Å². The van der Waals surface area contributed by atoms with Gasteiger partial charge in [-0.15, -0.1) is 0 Å². The molecule has 0 fully saturated rings. The number of benzene rings is 1. The SMILES string of the molecule is Cc1c(-c2cc3cc(NC(=O)O[C@@H]4Cc5nccn5C4)ncc3c(NC(=O)OC(C)(C)C)c2F)cnc2c1N(C(=O)OC(C)(C)C)CCO2. The standard InChI is InChI=1S/C34H38FN7O7/c1-18-22(15-38-29-28(18)42(10-11-46-29)32(45)49-34(5,6)7)21-12-19-13-24(39-30(43)47-20-14-25-36-8-9-41(25)17-20)37-16-23(19)27(26(21)35)40-31(44)48-33(2,3)4/h8-9,12-13,15-16,20H,10-11,14,17H2,1-7H3,(H,40,44)(H,37,39,43)/t20-/m1/s1. The lowest BCUT2D eigenvalue weighted by Crippen LogP contribution is -2.42. The third-order valence-corrected chi connectivity index (χ3v) is 7.70. The van der Waals surface area contributed by atoms with E-state index in [2.05, 4.69) is 25.6 Å². The number of halogens is 1. The summed E-state index contributed by atoms with van der Waals surface area (Å²) in [5.74, 6) is 0.379. The smallest absolute Gasteiger partial charge is 0.415 e. The second kappa shape index (κ2) is 12.5. The van der Waals surface area contributed by atoms with Crippen LogP contribution in [0.5, 0.6) is 5.88 Å². The van der Waals surface area contributed by atoms with Crippen LogP contribution in [0.15, 0.2) is 36.9 Å². The molecule has 2 aliphatic heterocycles. The van der Waals surface area contributed by atoms with Crippen LogP contribution < -0.4 is 20.3 Å². The molecule has 2 aliphatic rings. The van der Waals surface area contributed by atoms with Gasteiger partial charge in [-0.1, -0.05) is 0 Å². The molecule has 0 unspecified atom stereocenters. The number of imidazole rings is 1. The maximum atomic E-state index is 16.6. The van der Waals surface area contributed by atoms with Crippen molar-refractivity contribution in [2.24, 2.45) is 0 Å². The molecule has 0 radical (unpaired) electrons. The average Bonchev–Trinajstić information content (AvgIpc) is 3.59. The minimum atomic E-state index is -0.878. The van der Waals surface area contributed by atoms with Crippen molar-refractivity contribution in [3.8, 4) is 17.0 Å². The van der Waals surface area contributed by atoms with Gasteiger partial charge in [-0.2, -0.15) is 0 Å². The molecule has 4 aromatic rings. The number of anilines is 3. The number of hydrogen-bond donors (Lipinski definition) is 2. The Hall–Kier alpha value is -5.47. The molecule has 0 aliphatic carbocycles. The van der Waals surface area contributed by atoms with Gasteiger partial charge in [0, 0.05) is 47.7 Å². The summed E-state index contributed by atoms with van der Waals surface area (Å²) in [4.78, 5) is 53.3. The number of ether oxygens (including phenoxy) is 4. The second-order valence-corrected chi connectivity index (χ2v) is 13.8. The highest BCUT2D eigenvalue weighted by molar-refractivity contribution is 6.05. The third-order valence-electron chi connectivity index (χ3n) is 7.70. The van der Waals surface area contributed by atoms with Crippen LogP contribution in [-0.2, 0) is 27.2 Å². The molecule has 3 aromatic heterocycles. The van der Waals surface area contributed by atoms with Crippen LogP contribution in [0.2, 0.25) is 0 Å². The quantitative estimate of drug-likeness (QED) is 0.226. The van der Waals surface area contributed by atoms with Crippen LogP contribution in [0, 0.1) is 12.7 Å². The van der Waals surface area contributed by atoms with E-state index in [4.69, 9.17) is 18.9 Å². The Morgan fingerprint density at radius 3 is 2.43 bits per heavy atom. The summed E-state index contributed by atoms with van der Waals surface area (Å²) in [6.07, 6.45) is 4.21. The van der Waals surface area contributed by atoms with Crippen molar-refractivity contribution in [2.75, 3.05) is 28.7 Å². The topological polar surface area (TPSA) is 159 Å². The molecule has 49 heavy (non-hydrogen) atoms. The van der Waals surface area contributed by atoms with Crippen LogP contribution in [0.25, 0.3) is 21.9 Å². The van der Waals surface area contributed by atoms with Crippen molar-refractivity contribution in [3.63, 3.8) is 0 Å². The zero-order valence-electron chi connectivity index (χ0n) is 28.3. The lowest BCUT2D eigenvalue weighted by molar-refractivity contribution is 0.0564. The van der Waals surface area contributed by atoms with Crippen LogP contribution in [-0.4, -0.2) is 68.3 Å². The molecule has 1 atom stereocenters. The maximum absolute atomic E-state index is 16.6. The summed E-state index contributed by atoms with van der Waals surface area (Å²) in [6, 6.07) is 3.09. The lowest BCUT2D eigenvalue weighted by atomic mass is 9.96. The Morgan fingerprint density at radius 1 is 0.959 bits per heavy atom. The third kappa shape index (κ3) is 7.20. The molecule has 1 aromatic carbocycles. The van der Waals surface area contributed by atoms with E-state index in [1.807, 2.05) is 10.8 Å². The van der Waals surface area contributed by atoms with Crippen LogP contribution in [0.3, 0.4) is 0 Å². The first-order chi connectivity index (χ1) is 23.1. The van der Waals surface area contributed by atoms with Crippen molar-refractivity contribution in [1.82, 2.24) is 19.5 Å². The first-order valence-corrected chi connectivity index (χ1v) is 15.8. The molecular weight excluding hydrogens is 637 g/mol. The molecular formula is C34H38FN7O7. The molecule has 0 saturated heterocycles. The van der Waals surface area contributed by atoms with E-state index in [9.17, 15) is 14.4 Å². The van der Waals surface area contributed by atoms with Gasteiger partial charge in [-0.3, -0.25) is 15.5 Å². The Bertz CT molecular complexity index is 1940. The number of fused-ring (bicyclic) bond motifs is 3. The second-order valence-electron chi connectivity index (χ2n) is 13.8. The molecule has 258 valence electrons. The normalized spacial score (nSPS) is 15.6. The number of nitrogens with zero attached hydrogens (tertiary/aromatic N) is 5. The molecule has 0 spiro atoms. The van der Waals surface area contributed by atoms with E-state index in [0.717, 1.165) is 5.82 Å². The molecule has 0 bridgehead atoms. The summed E-state index contributed by atoms with van der Waals surface area (Å²) >= 11 is 0. The predicted molar refractivity (Wildman–Crippen MR) is 178 cm³/mol. The summed E-state index contributed by atoms with van der Waals surface area (Å²) in [5, 5.41) is 5.85. The molecule has 2 N–H and O–H groups in total. The zero-order chi connectivity index (χ0) is 35.2. The van der Waals surface area contributed by atoms with E-state index in [1.54, 1.807) is 60.7 Å². The maximum Gasteiger partial charge on any atom is 0.415 e. The number of rotatable bonds is 4. The van der Waals surface area contributed by atoms with Gasteiger partial charge in [0.25, 0.3) is 0 Å². The Kier molecular flexibility index (Phi) is 8.55. The van der Waals surface area contributed by atoms with Crippen molar-refractivity contribution in [1.29, 1.82) is 0 Å². The Labute approximate surface area is 281 Å². The number of hydrogen-bond acceptors (Lipinski definition) is 10. The van der Waals surface area contributed by atoms with E-state index in [-0.39, 0.29) is 41.5 Å². The number of aromatic nitrogens is 4. The highest BCUT2D eigenvalue weighted by atomic mass is 19.1. The van der Waals surface area contributed by atoms with Gasteiger partial charge < -0.3 is 23.5 Å². The molecule has 15 heteroatoms. The predicted octanol–water partition coefficient (Wildman–Crippen LogP) is 6.60. The fourth-order valence-electron chi connectivity index (χ4n) is 5.72. The highest BCUT2D eigenvalue weighted by Gasteiger charge is 2.33. The van der Waals surface area contributed by atoms with Gasteiger partial charge in [0.15, 0.2) is 5.82 Å². The van der Waals surface area contributed by atoms with Crippen LogP contribution in [0.1, 0.15) is 52.9 Å². The van der Waals surface area contributed by atoms with Gasteiger partial charge in [0.1, 0.15) is 41.2 Å². The van der Waals surface area contributed by atoms with Crippen molar-refractivity contribution >= 4 is 46.2 Å². The number of pyridine rings is 2. The van der Waals surface area contributed by atoms with Crippen molar-refractivity contribution in [2.45, 2.75) is 78.7 Å². The summed E-state index contributed by atoms with van der Waals surface area (Å²) in [5.41, 5.74) is -0.590. The van der Waals surface area contributed by atoms with Gasteiger partial charge in [-0.25, -0.2) is 33.7 Å². The summed E-state index contributed by atoms with van der Waals surface area (Å²) in [6.45, 7) is 13.0. The van der Waals surface area contributed by atoms with Gasteiger partial charge in [0.2, 0.25) is 5.88 Å². The summed E-state index contributed by atoms with van der Waals surface area (Å²) in [7, 11) is 0.